The molecule has 4 aromatic rings. The number of aromatic nitrogens is 4. The van der Waals surface area contributed by atoms with Gasteiger partial charge in [0.2, 0.25) is 5.13 Å². The average molecular weight is 415 g/mol. The monoisotopic (exact) mass is 415 g/mol. The van der Waals surface area contributed by atoms with Crippen molar-refractivity contribution in [3.63, 3.8) is 0 Å². The third-order valence-corrected chi connectivity index (χ3v) is 4.83. The highest BCUT2D eigenvalue weighted by Gasteiger charge is 2.19. The highest BCUT2D eigenvalue weighted by molar-refractivity contribution is 7.12. The van der Waals surface area contributed by atoms with Crippen molar-refractivity contribution in [3.05, 3.63) is 76.9 Å². The van der Waals surface area contributed by atoms with E-state index in [0.717, 1.165) is 22.0 Å². The number of halogens is 3. The number of nitrogens with one attached hydrogen (secondary N) is 1. The Hall–Kier alpha value is -3.53. The summed E-state index contributed by atoms with van der Waals surface area (Å²) in [6, 6.07) is 4.07. The van der Waals surface area contributed by atoms with Crippen molar-refractivity contribution in [2.45, 2.75) is 6.92 Å². The minimum atomic E-state index is -1.29. The van der Waals surface area contributed by atoms with Crippen LogP contribution >= 0.6 is 11.3 Å². The van der Waals surface area contributed by atoms with Crippen molar-refractivity contribution >= 4 is 23.1 Å². The lowest BCUT2D eigenvalue weighted by Gasteiger charge is -2.07. The van der Waals surface area contributed by atoms with Gasteiger partial charge in [-0.25, -0.2) is 27.8 Å². The van der Waals surface area contributed by atoms with Crippen LogP contribution in [-0.4, -0.2) is 25.7 Å². The maximum absolute atomic E-state index is 13.7. The summed E-state index contributed by atoms with van der Waals surface area (Å²) in [5.74, 6) is -4.66. The van der Waals surface area contributed by atoms with E-state index in [4.69, 9.17) is 0 Å². The maximum atomic E-state index is 13.7. The highest BCUT2D eigenvalue weighted by Crippen LogP contribution is 2.25. The minimum Gasteiger partial charge on any atom is -0.306 e. The van der Waals surface area contributed by atoms with Gasteiger partial charge in [0, 0.05) is 47.2 Å². The van der Waals surface area contributed by atoms with Gasteiger partial charge in [-0.1, -0.05) is 0 Å². The summed E-state index contributed by atoms with van der Waals surface area (Å²) in [5.41, 5.74) is 1.44. The van der Waals surface area contributed by atoms with Gasteiger partial charge in [0.15, 0.2) is 0 Å². The molecule has 0 atom stereocenters. The normalized spacial score (nSPS) is 10.9. The first-order valence-electron chi connectivity index (χ1n) is 8.31. The fourth-order valence-corrected chi connectivity index (χ4v) is 3.30. The lowest BCUT2D eigenvalue weighted by molar-refractivity contribution is 0.101. The molecule has 3 aromatic heterocycles. The van der Waals surface area contributed by atoms with E-state index >= 15 is 0 Å². The molecule has 10 heteroatoms. The third-order valence-electron chi connectivity index (χ3n) is 4.06. The lowest BCUT2D eigenvalue weighted by Crippen LogP contribution is -2.17. The molecule has 0 fully saturated rings. The Labute approximate surface area is 166 Å². The fourth-order valence-electron chi connectivity index (χ4n) is 2.74. The Morgan fingerprint density at radius 2 is 1.90 bits per heavy atom. The molecule has 1 N–H and O–H groups in total. The molecule has 146 valence electrons. The fraction of sp³-hybridized carbons (Fsp3) is 0.0526. The number of amides is 1. The zero-order valence-corrected chi connectivity index (χ0v) is 15.7. The Balaban J connectivity index is 1.55. The molecule has 0 aliphatic rings. The molecule has 0 radical (unpaired) electrons. The molecule has 0 saturated heterocycles. The van der Waals surface area contributed by atoms with Crippen LogP contribution in [0.5, 0.6) is 0 Å². The highest BCUT2D eigenvalue weighted by atomic mass is 32.1. The second-order valence-electron chi connectivity index (χ2n) is 6.02. The molecule has 4 rings (SSSR count). The number of anilines is 1. The van der Waals surface area contributed by atoms with E-state index in [1.165, 1.54) is 23.6 Å². The number of carbonyl (C=O) groups excluding carboxylic acids is 1. The van der Waals surface area contributed by atoms with Crippen molar-refractivity contribution < 1.29 is 18.0 Å². The number of hydrogen-bond donors (Lipinski definition) is 1. The number of pyridine rings is 1. The van der Waals surface area contributed by atoms with Gasteiger partial charge >= 0.3 is 0 Å². The molecule has 0 aliphatic heterocycles. The van der Waals surface area contributed by atoms with E-state index in [1.54, 1.807) is 16.9 Å². The van der Waals surface area contributed by atoms with Gasteiger partial charge < -0.3 is 5.32 Å². The van der Waals surface area contributed by atoms with E-state index in [1.807, 2.05) is 18.5 Å². The van der Waals surface area contributed by atoms with Gasteiger partial charge in [-0.15, -0.1) is 11.3 Å². The van der Waals surface area contributed by atoms with Gasteiger partial charge in [-0.3, -0.25) is 4.79 Å². The predicted octanol–water partition coefficient (Wildman–Crippen LogP) is 4.37. The Bertz CT molecular complexity index is 1170. The van der Waals surface area contributed by atoms with Crippen LogP contribution < -0.4 is 5.32 Å². The van der Waals surface area contributed by atoms with Crippen molar-refractivity contribution in [2.75, 3.05) is 5.32 Å². The van der Waals surface area contributed by atoms with Gasteiger partial charge in [0.25, 0.3) is 5.91 Å². The molecular weight excluding hydrogens is 403 g/mol. The molecule has 0 aliphatic carbocycles. The molecule has 29 heavy (non-hydrogen) atoms. The van der Waals surface area contributed by atoms with Crippen LogP contribution in [-0.2, 0) is 0 Å². The van der Waals surface area contributed by atoms with Crippen LogP contribution in [0.1, 0.15) is 16.1 Å². The molecule has 3 heterocycles. The molecule has 1 amide bonds. The maximum Gasteiger partial charge on any atom is 0.262 e. The first-order chi connectivity index (χ1) is 13.9. The molecule has 0 saturated carbocycles. The zero-order chi connectivity index (χ0) is 20.5. The summed E-state index contributed by atoms with van der Waals surface area (Å²) in [5, 5.41) is 9.28. The summed E-state index contributed by atoms with van der Waals surface area (Å²) in [4.78, 5) is 20.4. The smallest absolute Gasteiger partial charge is 0.262 e. The Morgan fingerprint density at radius 3 is 2.52 bits per heavy atom. The van der Waals surface area contributed by atoms with E-state index in [-0.39, 0.29) is 5.82 Å². The summed E-state index contributed by atoms with van der Waals surface area (Å²) < 4.78 is 42.1. The molecule has 1 aromatic carbocycles. The molecular formula is C19H12F3N5OS. The van der Waals surface area contributed by atoms with E-state index in [0.29, 0.717) is 12.1 Å². The molecule has 0 unspecified atom stereocenters. The van der Waals surface area contributed by atoms with Gasteiger partial charge in [0.05, 0.1) is 5.69 Å². The van der Waals surface area contributed by atoms with Crippen molar-refractivity contribution in [1.29, 1.82) is 0 Å². The number of nitrogens with zero attached hydrogens (tertiary/aromatic N) is 4. The van der Waals surface area contributed by atoms with Crippen LogP contribution in [0.15, 0.2) is 48.2 Å². The van der Waals surface area contributed by atoms with Crippen LogP contribution in [0.3, 0.4) is 0 Å². The first-order valence-corrected chi connectivity index (χ1v) is 9.19. The topological polar surface area (TPSA) is 72.7 Å². The number of aryl methyl sites for hydroxylation is 1. The molecule has 6 nitrogen and oxygen atoms in total. The number of rotatable bonds is 4. The number of thiazole rings is 1. The quantitative estimate of drug-likeness (QED) is 0.537. The van der Waals surface area contributed by atoms with Crippen LogP contribution in [0.2, 0.25) is 0 Å². The first kappa shape index (κ1) is 18.8. The van der Waals surface area contributed by atoms with Crippen molar-refractivity contribution in [2.24, 2.45) is 0 Å². The van der Waals surface area contributed by atoms with Gasteiger partial charge in [-0.05, 0) is 19.1 Å². The van der Waals surface area contributed by atoms with E-state index < -0.39 is 28.9 Å². The van der Waals surface area contributed by atoms with Crippen molar-refractivity contribution in [3.8, 4) is 16.3 Å². The van der Waals surface area contributed by atoms with Crippen LogP contribution in [0, 0.1) is 24.4 Å². The summed E-state index contributed by atoms with van der Waals surface area (Å²) in [6.45, 7) is 1.84. The van der Waals surface area contributed by atoms with Crippen molar-refractivity contribution in [1.82, 2.24) is 19.7 Å². The SMILES string of the molecule is Cc1nn(-c2nccs2)cc1-c1ccc(NC(=O)c2c(F)cc(F)cc2F)nc1. The molecule has 0 spiro atoms. The summed E-state index contributed by atoms with van der Waals surface area (Å²) >= 11 is 1.45. The Kier molecular flexibility index (Phi) is 4.85. The summed E-state index contributed by atoms with van der Waals surface area (Å²) in [7, 11) is 0. The standard InChI is InChI=1S/C19H12F3N5OS/c1-10-13(9-27(26-10)19-23-4-5-29-19)11-2-3-16(24-8-11)25-18(28)17-14(21)6-12(20)7-15(17)22/h2-9H,1H3,(H,24,25,28). The van der Waals surface area contributed by atoms with Crippen LogP contribution in [0.4, 0.5) is 19.0 Å². The minimum absolute atomic E-state index is 0.0897. The zero-order valence-electron chi connectivity index (χ0n) is 14.9. The second-order valence-corrected chi connectivity index (χ2v) is 6.89. The largest absolute Gasteiger partial charge is 0.306 e. The number of hydrogen-bond acceptors (Lipinski definition) is 5. The predicted molar refractivity (Wildman–Crippen MR) is 101 cm³/mol. The second kappa shape index (κ2) is 7.47. The van der Waals surface area contributed by atoms with E-state index in [9.17, 15) is 18.0 Å². The molecule has 0 bridgehead atoms. The number of benzene rings is 1. The number of carbonyl (C=O) groups is 1. The third kappa shape index (κ3) is 3.74. The van der Waals surface area contributed by atoms with Gasteiger partial charge in [0.1, 0.15) is 28.8 Å². The van der Waals surface area contributed by atoms with Gasteiger partial charge in [-0.2, -0.15) is 5.10 Å². The Morgan fingerprint density at radius 1 is 1.14 bits per heavy atom. The lowest BCUT2D eigenvalue weighted by atomic mass is 10.1. The average Bonchev–Trinajstić information content (AvgIpc) is 3.31. The van der Waals surface area contributed by atoms with E-state index in [2.05, 4.69) is 20.4 Å². The summed E-state index contributed by atoms with van der Waals surface area (Å²) in [6.07, 6.45) is 5.00. The van der Waals surface area contributed by atoms with Crippen LogP contribution in [0.25, 0.3) is 16.3 Å².